The van der Waals surface area contributed by atoms with Crippen molar-refractivity contribution < 1.29 is 14.3 Å². The summed E-state index contributed by atoms with van der Waals surface area (Å²) in [7, 11) is 1.59. The summed E-state index contributed by atoms with van der Waals surface area (Å²) < 4.78 is 11.3. The number of methoxy groups -OCH3 is 1. The van der Waals surface area contributed by atoms with Gasteiger partial charge in [-0.3, -0.25) is 4.79 Å². The monoisotopic (exact) mass is 410 g/mol. The molecule has 0 heterocycles. The van der Waals surface area contributed by atoms with E-state index in [9.17, 15) is 4.79 Å². The molecule has 0 aliphatic heterocycles. The Bertz CT molecular complexity index is 1210. The molecule has 0 radical (unpaired) electrons. The highest BCUT2D eigenvalue weighted by atomic mass is 16.5. The predicted molar refractivity (Wildman–Crippen MR) is 123 cm³/mol. The van der Waals surface area contributed by atoms with E-state index >= 15 is 0 Å². The largest absolute Gasteiger partial charge is 0.493 e. The van der Waals surface area contributed by atoms with Crippen molar-refractivity contribution >= 4 is 22.9 Å². The maximum atomic E-state index is 12.6. The van der Waals surface area contributed by atoms with Crippen LogP contribution in [0, 0.1) is 0 Å². The van der Waals surface area contributed by atoms with Crippen LogP contribution in [-0.4, -0.2) is 19.2 Å². The van der Waals surface area contributed by atoms with Crippen LogP contribution in [0.15, 0.2) is 96.1 Å². The zero-order chi connectivity index (χ0) is 21.5. The van der Waals surface area contributed by atoms with Gasteiger partial charge in [-0.25, -0.2) is 5.43 Å². The molecule has 5 nitrogen and oxygen atoms in total. The Hall–Kier alpha value is -4.12. The fourth-order valence-electron chi connectivity index (χ4n) is 3.27. The molecule has 0 spiro atoms. The van der Waals surface area contributed by atoms with E-state index in [1.165, 1.54) is 0 Å². The Morgan fingerprint density at radius 1 is 0.903 bits per heavy atom. The van der Waals surface area contributed by atoms with Crippen LogP contribution in [0.4, 0.5) is 0 Å². The number of benzene rings is 4. The Labute approximate surface area is 180 Å². The van der Waals surface area contributed by atoms with Crippen molar-refractivity contribution in [3.8, 4) is 11.5 Å². The number of rotatable bonds is 7. The number of hydrogen-bond donors (Lipinski definition) is 1. The quantitative estimate of drug-likeness (QED) is 0.337. The van der Waals surface area contributed by atoms with Gasteiger partial charge in [0.05, 0.1) is 13.3 Å². The first-order valence-corrected chi connectivity index (χ1v) is 9.90. The average molecular weight is 410 g/mol. The van der Waals surface area contributed by atoms with Crippen LogP contribution in [0.5, 0.6) is 11.5 Å². The minimum absolute atomic E-state index is 0.261. The van der Waals surface area contributed by atoms with E-state index in [0.717, 1.165) is 21.9 Å². The lowest BCUT2D eigenvalue weighted by Crippen LogP contribution is -2.17. The zero-order valence-electron chi connectivity index (χ0n) is 17.1. The third-order valence-corrected chi connectivity index (χ3v) is 4.84. The van der Waals surface area contributed by atoms with Gasteiger partial charge in [0.25, 0.3) is 5.91 Å². The maximum Gasteiger partial charge on any atom is 0.271 e. The summed E-state index contributed by atoms with van der Waals surface area (Å²) in [6, 6.07) is 28.8. The van der Waals surface area contributed by atoms with Crippen LogP contribution < -0.4 is 14.9 Å². The number of nitrogens with zero attached hydrogens (tertiary/aromatic N) is 1. The SMILES string of the molecule is COc1cc(/C=N\NC(=O)c2cccc3ccccc23)ccc1OCc1ccccc1. The van der Waals surface area contributed by atoms with E-state index in [4.69, 9.17) is 9.47 Å². The van der Waals surface area contributed by atoms with Crippen molar-refractivity contribution in [2.45, 2.75) is 6.61 Å². The molecule has 0 saturated heterocycles. The molecule has 0 aromatic heterocycles. The summed E-state index contributed by atoms with van der Waals surface area (Å²) >= 11 is 0. The number of carbonyl (C=O) groups excluding carboxylic acids is 1. The van der Waals surface area contributed by atoms with Crippen molar-refractivity contribution in [3.05, 3.63) is 108 Å². The van der Waals surface area contributed by atoms with Crippen LogP contribution >= 0.6 is 0 Å². The van der Waals surface area contributed by atoms with Gasteiger partial charge in [0.2, 0.25) is 0 Å². The first-order chi connectivity index (χ1) is 15.2. The maximum absolute atomic E-state index is 12.6. The number of ether oxygens (including phenoxy) is 2. The molecule has 0 aliphatic rings. The van der Waals surface area contributed by atoms with Crippen molar-refractivity contribution in [2.24, 2.45) is 5.10 Å². The van der Waals surface area contributed by atoms with Gasteiger partial charge < -0.3 is 9.47 Å². The summed E-state index contributed by atoms with van der Waals surface area (Å²) in [5.41, 5.74) is 5.03. The molecule has 0 atom stereocenters. The Morgan fingerprint density at radius 3 is 2.52 bits per heavy atom. The van der Waals surface area contributed by atoms with E-state index in [1.54, 1.807) is 19.4 Å². The smallest absolute Gasteiger partial charge is 0.271 e. The highest BCUT2D eigenvalue weighted by Gasteiger charge is 2.09. The number of carbonyl (C=O) groups is 1. The molecule has 0 fully saturated rings. The van der Waals surface area contributed by atoms with Crippen LogP contribution in [0.3, 0.4) is 0 Å². The van der Waals surface area contributed by atoms with Crippen LogP contribution in [0.25, 0.3) is 10.8 Å². The van der Waals surface area contributed by atoms with E-state index in [-0.39, 0.29) is 5.91 Å². The second-order valence-corrected chi connectivity index (χ2v) is 6.91. The molecule has 4 aromatic rings. The first-order valence-electron chi connectivity index (χ1n) is 9.90. The van der Waals surface area contributed by atoms with Gasteiger partial charge in [0.15, 0.2) is 11.5 Å². The van der Waals surface area contributed by atoms with E-state index in [2.05, 4.69) is 10.5 Å². The third kappa shape index (κ3) is 4.90. The molecule has 0 saturated carbocycles. The summed E-state index contributed by atoms with van der Waals surface area (Å²) in [5, 5.41) is 6.00. The highest BCUT2D eigenvalue weighted by molar-refractivity contribution is 6.07. The summed E-state index contributed by atoms with van der Waals surface area (Å²) in [5.74, 6) is 0.978. The summed E-state index contributed by atoms with van der Waals surface area (Å²) in [6.45, 7) is 0.450. The number of fused-ring (bicyclic) bond motifs is 1. The second-order valence-electron chi connectivity index (χ2n) is 6.91. The first kappa shape index (κ1) is 20.2. The minimum Gasteiger partial charge on any atom is -0.493 e. The summed E-state index contributed by atoms with van der Waals surface area (Å²) in [4.78, 5) is 12.6. The normalized spacial score (nSPS) is 10.9. The van der Waals surface area contributed by atoms with Gasteiger partial charge in [0, 0.05) is 5.56 Å². The van der Waals surface area contributed by atoms with Crippen LogP contribution in [0.1, 0.15) is 21.5 Å². The second kappa shape index (κ2) is 9.59. The van der Waals surface area contributed by atoms with Crippen molar-refractivity contribution in [1.82, 2.24) is 5.43 Å². The third-order valence-electron chi connectivity index (χ3n) is 4.84. The molecule has 154 valence electrons. The lowest BCUT2D eigenvalue weighted by Gasteiger charge is -2.11. The lowest BCUT2D eigenvalue weighted by atomic mass is 10.0. The Kier molecular flexibility index (Phi) is 6.24. The minimum atomic E-state index is -0.261. The van der Waals surface area contributed by atoms with Crippen molar-refractivity contribution in [1.29, 1.82) is 0 Å². The van der Waals surface area contributed by atoms with Crippen LogP contribution in [-0.2, 0) is 6.61 Å². The van der Waals surface area contributed by atoms with E-state index in [1.807, 2.05) is 84.9 Å². The predicted octanol–water partition coefficient (Wildman–Crippen LogP) is 5.19. The van der Waals surface area contributed by atoms with Gasteiger partial charge in [0.1, 0.15) is 6.61 Å². The fraction of sp³-hybridized carbons (Fsp3) is 0.0769. The van der Waals surface area contributed by atoms with Gasteiger partial charge >= 0.3 is 0 Å². The molecule has 1 N–H and O–H groups in total. The molecule has 0 unspecified atom stereocenters. The summed E-state index contributed by atoms with van der Waals surface area (Å²) in [6.07, 6.45) is 1.58. The number of nitrogens with one attached hydrogen (secondary N) is 1. The molecular weight excluding hydrogens is 388 g/mol. The Balaban J connectivity index is 1.43. The molecule has 5 heteroatoms. The molecule has 4 rings (SSSR count). The van der Waals surface area contributed by atoms with Gasteiger partial charge in [-0.05, 0) is 46.2 Å². The molecule has 1 amide bonds. The fourth-order valence-corrected chi connectivity index (χ4v) is 3.27. The molecular formula is C26H22N2O3. The van der Waals surface area contributed by atoms with E-state index in [0.29, 0.717) is 23.7 Å². The topological polar surface area (TPSA) is 59.9 Å². The molecule has 0 aliphatic carbocycles. The Morgan fingerprint density at radius 2 is 1.68 bits per heavy atom. The zero-order valence-corrected chi connectivity index (χ0v) is 17.1. The molecule has 4 aromatic carbocycles. The van der Waals surface area contributed by atoms with E-state index < -0.39 is 0 Å². The number of hydrazone groups is 1. The van der Waals surface area contributed by atoms with Gasteiger partial charge in [-0.1, -0.05) is 66.7 Å². The molecule has 0 bridgehead atoms. The number of hydrogen-bond acceptors (Lipinski definition) is 4. The standard InChI is InChI=1S/C26H22N2O3/c1-30-25-16-20(14-15-24(25)31-18-19-8-3-2-4-9-19)17-27-28-26(29)23-13-7-11-21-10-5-6-12-22(21)23/h2-17H,18H2,1H3,(H,28,29)/b27-17-. The van der Waals surface area contributed by atoms with Crippen molar-refractivity contribution in [2.75, 3.05) is 7.11 Å². The van der Waals surface area contributed by atoms with Crippen LogP contribution in [0.2, 0.25) is 0 Å². The van der Waals surface area contributed by atoms with Crippen molar-refractivity contribution in [3.63, 3.8) is 0 Å². The molecule has 31 heavy (non-hydrogen) atoms. The lowest BCUT2D eigenvalue weighted by molar-refractivity contribution is 0.0957. The average Bonchev–Trinajstić information content (AvgIpc) is 2.83. The van der Waals surface area contributed by atoms with Gasteiger partial charge in [-0.15, -0.1) is 0 Å². The van der Waals surface area contributed by atoms with Gasteiger partial charge in [-0.2, -0.15) is 5.10 Å². The highest BCUT2D eigenvalue weighted by Crippen LogP contribution is 2.28. The number of amides is 1.